The van der Waals surface area contributed by atoms with Gasteiger partial charge in [-0.25, -0.2) is 4.39 Å². The molecule has 1 heterocycles. The number of piperazine rings is 1. The molecule has 1 aliphatic heterocycles. The molecule has 3 rings (SSSR count). The predicted molar refractivity (Wildman–Crippen MR) is 114 cm³/mol. The van der Waals surface area contributed by atoms with E-state index in [1.807, 2.05) is 6.07 Å². The third-order valence-electron chi connectivity index (χ3n) is 5.06. The number of nitrogens with one attached hydrogen (secondary N) is 2. The Morgan fingerprint density at radius 3 is 2.39 bits per heavy atom. The number of aliphatic imine (C=N–C) groups is 1. The lowest BCUT2D eigenvalue weighted by Crippen LogP contribution is -2.47. The predicted octanol–water partition coefficient (Wildman–Crippen LogP) is 2.70. The van der Waals surface area contributed by atoms with Crippen LogP contribution in [0.25, 0.3) is 0 Å². The van der Waals surface area contributed by atoms with Gasteiger partial charge in [-0.2, -0.15) is 0 Å². The van der Waals surface area contributed by atoms with Crippen LogP contribution in [-0.4, -0.2) is 57.2 Å². The van der Waals surface area contributed by atoms with E-state index >= 15 is 0 Å². The van der Waals surface area contributed by atoms with E-state index in [4.69, 9.17) is 0 Å². The molecule has 0 amide bonds. The van der Waals surface area contributed by atoms with E-state index in [1.165, 1.54) is 11.8 Å². The Kier molecular flexibility index (Phi) is 7.67. The molecular weight excluding hydrogens is 353 g/mol. The highest BCUT2D eigenvalue weighted by atomic mass is 19.1. The first kappa shape index (κ1) is 20.1. The number of anilines is 1. The Balaban J connectivity index is 1.31. The topological polar surface area (TPSA) is 42.9 Å². The van der Waals surface area contributed by atoms with Crippen molar-refractivity contribution in [1.82, 2.24) is 15.5 Å². The number of guanidine groups is 1. The molecule has 1 saturated heterocycles. The van der Waals surface area contributed by atoms with Crippen molar-refractivity contribution in [3.63, 3.8) is 0 Å². The lowest BCUT2D eigenvalue weighted by molar-refractivity contribution is 0.255. The van der Waals surface area contributed by atoms with Crippen LogP contribution in [0.15, 0.2) is 59.6 Å². The van der Waals surface area contributed by atoms with E-state index in [2.05, 4.69) is 55.8 Å². The van der Waals surface area contributed by atoms with E-state index < -0.39 is 0 Å². The van der Waals surface area contributed by atoms with Crippen LogP contribution < -0.4 is 15.5 Å². The van der Waals surface area contributed by atoms with Crippen LogP contribution in [0.3, 0.4) is 0 Å². The van der Waals surface area contributed by atoms with Gasteiger partial charge in [0.25, 0.3) is 0 Å². The number of para-hydroxylation sites is 1. The fourth-order valence-electron chi connectivity index (χ4n) is 3.42. The molecule has 2 aromatic rings. The molecule has 2 N–H and O–H groups in total. The van der Waals surface area contributed by atoms with Gasteiger partial charge in [-0.3, -0.25) is 9.89 Å². The molecule has 5 nitrogen and oxygen atoms in total. The minimum atomic E-state index is -0.194. The number of hydrogen-bond donors (Lipinski definition) is 2. The van der Waals surface area contributed by atoms with Crippen molar-refractivity contribution in [1.29, 1.82) is 0 Å². The molecule has 0 aromatic heterocycles. The summed E-state index contributed by atoms with van der Waals surface area (Å²) < 4.78 is 13.7. The average molecular weight is 384 g/mol. The van der Waals surface area contributed by atoms with Crippen LogP contribution in [0.5, 0.6) is 0 Å². The van der Waals surface area contributed by atoms with Gasteiger partial charge < -0.3 is 15.5 Å². The van der Waals surface area contributed by atoms with Gasteiger partial charge in [0.1, 0.15) is 5.82 Å². The number of benzene rings is 2. The summed E-state index contributed by atoms with van der Waals surface area (Å²) in [7, 11) is 1.74. The monoisotopic (exact) mass is 383 g/mol. The molecule has 1 fully saturated rings. The second-order valence-electron chi connectivity index (χ2n) is 6.96. The zero-order chi connectivity index (χ0) is 19.6. The Morgan fingerprint density at radius 1 is 0.964 bits per heavy atom. The summed E-state index contributed by atoms with van der Waals surface area (Å²) in [4.78, 5) is 9.17. The van der Waals surface area contributed by atoms with Crippen molar-refractivity contribution in [2.45, 2.75) is 13.0 Å². The number of rotatable bonds is 7. The minimum Gasteiger partial charge on any atom is -0.369 e. The lowest BCUT2D eigenvalue weighted by Gasteiger charge is -2.36. The second-order valence-corrected chi connectivity index (χ2v) is 6.96. The smallest absolute Gasteiger partial charge is 0.191 e. The maximum absolute atomic E-state index is 13.7. The van der Waals surface area contributed by atoms with Crippen LogP contribution in [0, 0.1) is 5.82 Å². The maximum atomic E-state index is 13.7. The van der Waals surface area contributed by atoms with Crippen LogP contribution in [0.4, 0.5) is 10.1 Å². The third kappa shape index (κ3) is 5.96. The Labute approximate surface area is 167 Å². The van der Waals surface area contributed by atoms with Crippen molar-refractivity contribution in [2.75, 3.05) is 51.2 Å². The van der Waals surface area contributed by atoms with Crippen LogP contribution in [0.2, 0.25) is 0 Å². The van der Waals surface area contributed by atoms with Crippen molar-refractivity contribution in [3.8, 4) is 0 Å². The molecule has 0 spiro atoms. The zero-order valence-electron chi connectivity index (χ0n) is 16.6. The third-order valence-corrected chi connectivity index (χ3v) is 5.06. The van der Waals surface area contributed by atoms with Crippen molar-refractivity contribution in [3.05, 3.63) is 66.0 Å². The average Bonchev–Trinajstić information content (AvgIpc) is 2.75. The Bertz CT molecular complexity index is 742. The molecule has 28 heavy (non-hydrogen) atoms. The van der Waals surface area contributed by atoms with E-state index in [0.29, 0.717) is 18.1 Å². The number of nitrogens with zero attached hydrogens (tertiary/aromatic N) is 3. The molecular formula is C22H30FN5. The number of hydrogen-bond acceptors (Lipinski definition) is 3. The molecule has 0 bridgehead atoms. The van der Waals surface area contributed by atoms with Crippen molar-refractivity contribution in [2.24, 2.45) is 4.99 Å². The first-order valence-corrected chi connectivity index (χ1v) is 9.96. The molecule has 0 radical (unpaired) electrons. The van der Waals surface area contributed by atoms with Gasteiger partial charge in [0.05, 0.1) is 0 Å². The molecule has 0 unspecified atom stereocenters. The van der Waals surface area contributed by atoms with Crippen LogP contribution in [-0.2, 0) is 6.54 Å². The van der Waals surface area contributed by atoms with Gasteiger partial charge in [0, 0.05) is 57.6 Å². The van der Waals surface area contributed by atoms with Gasteiger partial charge >= 0.3 is 0 Å². The summed E-state index contributed by atoms with van der Waals surface area (Å²) in [6, 6.07) is 17.4. The normalized spacial score (nSPS) is 15.5. The van der Waals surface area contributed by atoms with E-state index in [-0.39, 0.29) is 5.82 Å². The van der Waals surface area contributed by atoms with Crippen LogP contribution >= 0.6 is 0 Å². The molecule has 0 atom stereocenters. The number of halogens is 1. The molecule has 1 aliphatic rings. The summed E-state index contributed by atoms with van der Waals surface area (Å²) in [5, 5.41) is 6.48. The highest BCUT2D eigenvalue weighted by Gasteiger charge is 2.16. The molecule has 0 saturated carbocycles. The highest BCUT2D eigenvalue weighted by Crippen LogP contribution is 2.15. The van der Waals surface area contributed by atoms with Crippen LogP contribution in [0.1, 0.15) is 12.0 Å². The summed E-state index contributed by atoms with van der Waals surface area (Å²) in [6.07, 6.45) is 1.05. The summed E-state index contributed by atoms with van der Waals surface area (Å²) in [5.74, 6) is 0.511. The lowest BCUT2D eigenvalue weighted by atomic mass is 10.2. The SMILES string of the molecule is CN=C(NCCCN1CCN(c2ccccc2)CC1)NCc1ccccc1F. The largest absolute Gasteiger partial charge is 0.369 e. The van der Waals surface area contributed by atoms with Gasteiger partial charge in [-0.15, -0.1) is 0 Å². The Morgan fingerprint density at radius 2 is 1.68 bits per heavy atom. The fourth-order valence-corrected chi connectivity index (χ4v) is 3.42. The van der Waals surface area contributed by atoms with Gasteiger partial charge in [0.2, 0.25) is 0 Å². The first-order valence-electron chi connectivity index (χ1n) is 9.96. The van der Waals surface area contributed by atoms with Gasteiger partial charge in [-0.05, 0) is 31.2 Å². The molecule has 150 valence electrons. The second kappa shape index (κ2) is 10.7. The van der Waals surface area contributed by atoms with Gasteiger partial charge in [-0.1, -0.05) is 36.4 Å². The van der Waals surface area contributed by atoms with Crippen molar-refractivity contribution < 1.29 is 4.39 Å². The standard InChI is InChI=1S/C22H30FN5/c1-24-22(26-18-19-8-5-6-11-21(19)23)25-12-7-13-27-14-16-28(17-15-27)20-9-3-2-4-10-20/h2-6,8-11H,7,12-18H2,1H3,(H2,24,25,26). The fraction of sp³-hybridized carbons (Fsp3) is 0.409. The van der Waals surface area contributed by atoms with E-state index in [0.717, 1.165) is 45.7 Å². The van der Waals surface area contributed by atoms with E-state index in [1.54, 1.807) is 19.2 Å². The highest BCUT2D eigenvalue weighted by molar-refractivity contribution is 5.79. The summed E-state index contributed by atoms with van der Waals surface area (Å²) in [5.41, 5.74) is 1.95. The molecule has 6 heteroatoms. The van der Waals surface area contributed by atoms with Crippen molar-refractivity contribution >= 4 is 11.6 Å². The van der Waals surface area contributed by atoms with E-state index in [9.17, 15) is 4.39 Å². The quantitative estimate of drug-likeness (QED) is 0.438. The summed E-state index contributed by atoms with van der Waals surface area (Å²) in [6.45, 7) is 6.67. The zero-order valence-corrected chi connectivity index (χ0v) is 16.6. The first-order chi connectivity index (χ1) is 13.8. The summed E-state index contributed by atoms with van der Waals surface area (Å²) >= 11 is 0. The minimum absolute atomic E-state index is 0.194. The molecule has 2 aromatic carbocycles. The maximum Gasteiger partial charge on any atom is 0.191 e. The molecule has 0 aliphatic carbocycles. The van der Waals surface area contributed by atoms with Gasteiger partial charge in [0.15, 0.2) is 5.96 Å². The Hall–Kier alpha value is -2.60.